The number of fused-ring (bicyclic) bond motifs is 3. The zero-order valence-electron chi connectivity index (χ0n) is 19.6. The Bertz CT molecular complexity index is 1130. The highest BCUT2D eigenvalue weighted by molar-refractivity contribution is 5.69. The lowest BCUT2D eigenvalue weighted by atomic mass is 9.71. The van der Waals surface area contributed by atoms with Crippen LogP contribution >= 0.6 is 0 Å². The lowest BCUT2D eigenvalue weighted by Crippen LogP contribution is -2.42. The molecule has 2 aromatic rings. The smallest absolute Gasteiger partial charge is 0.306 e. The van der Waals surface area contributed by atoms with Crippen LogP contribution < -0.4 is 20.1 Å². The van der Waals surface area contributed by atoms with Crippen LogP contribution in [-0.4, -0.2) is 39.8 Å². The van der Waals surface area contributed by atoms with E-state index in [0.717, 1.165) is 32.4 Å². The van der Waals surface area contributed by atoms with E-state index >= 15 is 0 Å². The zero-order chi connectivity index (χ0) is 22.2. The predicted molar refractivity (Wildman–Crippen MR) is 134 cm³/mol. The molecular formula is C28H39N2O2+. The Morgan fingerprint density at radius 2 is 1.94 bits per heavy atom. The van der Waals surface area contributed by atoms with Crippen LogP contribution in [0.4, 0.5) is 5.69 Å². The molecule has 0 spiro atoms. The van der Waals surface area contributed by atoms with Crippen molar-refractivity contribution < 1.29 is 9.53 Å². The molecule has 0 radical (unpaired) electrons. The topological polar surface area (TPSA) is 32.6 Å². The molecule has 0 amide bonds. The Hall–Kier alpha value is -2.62. The van der Waals surface area contributed by atoms with Crippen molar-refractivity contribution >= 4 is 17.7 Å². The number of esters is 1. The van der Waals surface area contributed by atoms with E-state index in [0.29, 0.717) is 13.0 Å². The molecule has 2 aromatic carbocycles. The molecule has 0 aromatic heterocycles. The van der Waals surface area contributed by atoms with Gasteiger partial charge in [0, 0.05) is 49.7 Å². The highest BCUT2D eigenvalue weighted by Gasteiger charge is 2.32. The summed E-state index contributed by atoms with van der Waals surface area (Å²) in [5, 5.41) is 2.70. The Labute approximate surface area is 193 Å². The van der Waals surface area contributed by atoms with E-state index in [1.54, 1.807) is 0 Å². The van der Waals surface area contributed by atoms with Gasteiger partial charge in [0.05, 0.1) is 13.0 Å². The summed E-state index contributed by atoms with van der Waals surface area (Å²) in [5.41, 5.74) is 6.71. The third-order valence-electron chi connectivity index (χ3n) is 6.79. The fourth-order valence-electron chi connectivity index (χ4n) is 5.07. The van der Waals surface area contributed by atoms with Crippen LogP contribution in [0.25, 0.3) is 6.08 Å². The minimum atomic E-state index is -0.0887. The number of carbonyl (C=O) groups excluding carboxylic acids is 1. The van der Waals surface area contributed by atoms with Gasteiger partial charge in [-0.1, -0.05) is 27.3 Å². The van der Waals surface area contributed by atoms with Gasteiger partial charge >= 0.3 is 5.97 Å². The Morgan fingerprint density at radius 1 is 1.16 bits per heavy atom. The number of aryl methyl sites for hydroxylation is 1. The van der Waals surface area contributed by atoms with E-state index in [-0.39, 0.29) is 18.8 Å². The largest absolute Gasteiger partial charge is 0.466 e. The third kappa shape index (κ3) is 4.46. The first-order chi connectivity index (χ1) is 14.8. The Balaban J connectivity index is 0.00000289. The molecule has 1 aliphatic heterocycles. The zero-order valence-corrected chi connectivity index (χ0v) is 19.6. The first-order valence-corrected chi connectivity index (χ1v) is 11.6. The molecule has 0 bridgehead atoms. The van der Waals surface area contributed by atoms with Gasteiger partial charge in [0.25, 0.3) is 0 Å². The molecule has 2 aliphatic rings. The number of hydrogen-bond acceptors (Lipinski definition) is 3. The fourth-order valence-corrected chi connectivity index (χ4v) is 5.07. The van der Waals surface area contributed by atoms with Gasteiger partial charge in [0.1, 0.15) is 13.1 Å². The van der Waals surface area contributed by atoms with Crippen LogP contribution in [0.3, 0.4) is 0 Å². The second-order valence-electron chi connectivity index (χ2n) is 9.50. The van der Waals surface area contributed by atoms with Gasteiger partial charge in [0.15, 0.2) is 0 Å². The van der Waals surface area contributed by atoms with Crippen molar-refractivity contribution in [3.05, 3.63) is 63.2 Å². The number of nitrogens with zero attached hydrogens (tertiary/aromatic N) is 2. The number of rotatable bonds is 6. The normalized spacial score (nSPS) is 15.5. The van der Waals surface area contributed by atoms with E-state index in [9.17, 15) is 4.79 Å². The summed E-state index contributed by atoms with van der Waals surface area (Å²) in [6.07, 6.45) is 5.97. The van der Waals surface area contributed by atoms with E-state index in [1.165, 1.54) is 38.5 Å². The SMILES string of the molecule is C.CCOC(=O)CCC[N+]1=c2cc3c(cc2CCC1)=Cc1ccc(N(C)C)cc1C3(C)C. The van der Waals surface area contributed by atoms with Crippen LogP contribution in [0.1, 0.15) is 69.7 Å². The van der Waals surface area contributed by atoms with Crippen LogP contribution in [0.15, 0.2) is 30.3 Å². The Kier molecular flexibility index (Phi) is 7.12. The summed E-state index contributed by atoms with van der Waals surface area (Å²) in [7, 11) is 4.19. The van der Waals surface area contributed by atoms with Crippen LogP contribution in [-0.2, 0) is 21.4 Å². The van der Waals surface area contributed by atoms with Crippen molar-refractivity contribution in [2.24, 2.45) is 0 Å². The number of benzene rings is 2. The maximum atomic E-state index is 11.8. The van der Waals surface area contributed by atoms with Crippen molar-refractivity contribution in [2.45, 2.75) is 59.3 Å². The molecule has 0 N–H and O–H groups in total. The molecule has 32 heavy (non-hydrogen) atoms. The highest BCUT2D eigenvalue weighted by Crippen LogP contribution is 2.36. The molecule has 0 unspecified atom stereocenters. The van der Waals surface area contributed by atoms with E-state index in [1.807, 2.05) is 6.92 Å². The average molecular weight is 436 g/mol. The molecule has 4 nitrogen and oxygen atoms in total. The van der Waals surface area contributed by atoms with Crippen molar-refractivity contribution in [1.82, 2.24) is 4.58 Å². The predicted octanol–water partition coefficient (Wildman–Crippen LogP) is 3.64. The maximum Gasteiger partial charge on any atom is 0.306 e. The average Bonchev–Trinajstić information content (AvgIpc) is 2.73. The Morgan fingerprint density at radius 3 is 2.66 bits per heavy atom. The van der Waals surface area contributed by atoms with Gasteiger partial charge in [-0.05, 0) is 59.5 Å². The third-order valence-corrected chi connectivity index (χ3v) is 6.79. The minimum absolute atomic E-state index is 0. The second kappa shape index (κ2) is 9.48. The lowest BCUT2D eigenvalue weighted by Gasteiger charge is -2.33. The van der Waals surface area contributed by atoms with Gasteiger partial charge < -0.3 is 9.64 Å². The minimum Gasteiger partial charge on any atom is -0.466 e. The maximum absolute atomic E-state index is 11.8. The second-order valence-corrected chi connectivity index (χ2v) is 9.50. The highest BCUT2D eigenvalue weighted by atomic mass is 16.5. The summed E-state index contributed by atoms with van der Waals surface area (Å²) in [6.45, 7) is 8.96. The van der Waals surface area contributed by atoms with Crippen LogP contribution in [0.5, 0.6) is 0 Å². The molecule has 0 atom stereocenters. The van der Waals surface area contributed by atoms with Gasteiger partial charge in [-0.25, -0.2) is 4.58 Å². The fraction of sp³-hybridized carbons (Fsp3) is 0.500. The van der Waals surface area contributed by atoms with Crippen LogP contribution in [0.2, 0.25) is 0 Å². The molecule has 4 heteroatoms. The van der Waals surface area contributed by atoms with E-state index in [4.69, 9.17) is 4.74 Å². The lowest BCUT2D eigenvalue weighted by molar-refractivity contribution is -0.143. The summed E-state index contributed by atoms with van der Waals surface area (Å²) in [6, 6.07) is 11.6. The van der Waals surface area contributed by atoms with Gasteiger partial charge in [-0.2, -0.15) is 0 Å². The number of hydrogen-bond donors (Lipinski definition) is 0. The molecule has 1 heterocycles. The number of carbonyl (C=O) groups is 1. The monoisotopic (exact) mass is 435 g/mol. The summed E-state index contributed by atoms with van der Waals surface area (Å²) >= 11 is 0. The molecule has 4 rings (SSSR count). The van der Waals surface area contributed by atoms with Crippen molar-refractivity contribution in [3.8, 4) is 0 Å². The molecule has 0 saturated heterocycles. The van der Waals surface area contributed by atoms with Crippen molar-refractivity contribution in [2.75, 3.05) is 38.7 Å². The number of ether oxygens (including phenoxy) is 1. The standard InChI is InChI=1S/C27H35N2O2.CH4/c1-6-31-26(30)10-8-14-29-13-7-9-20-16-21-15-19-11-12-22(28(4)5)17-23(19)27(2,3)24(21)18-25(20)29;/h11-12,15-18H,6-10,13-14H2,1-5H3;1H4/q+1;. The molecule has 0 saturated carbocycles. The molecule has 172 valence electrons. The summed E-state index contributed by atoms with van der Waals surface area (Å²) in [5.74, 6) is -0.0887. The molecule has 0 fully saturated rings. The van der Waals surface area contributed by atoms with Gasteiger partial charge in [-0.3, -0.25) is 4.79 Å². The molecular weight excluding hydrogens is 396 g/mol. The summed E-state index contributed by atoms with van der Waals surface area (Å²) < 4.78 is 7.57. The quantitative estimate of drug-likeness (QED) is 0.513. The summed E-state index contributed by atoms with van der Waals surface area (Å²) in [4.78, 5) is 13.9. The van der Waals surface area contributed by atoms with Crippen molar-refractivity contribution in [1.29, 1.82) is 0 Å². The van der Waals surface area contributed by atoms with E-state index < -0.39 is 0 Å². The van der Waals surface area contributed by atoms with Crippen molar-refractivity contribution in [3.63, 3.8) is 0 Å². The number of anilines is 1. The first-order valence-electron chi connectivity index (χ1n) is 11.6. The van der Waals surface area contributed by atoms with Crippen LogP contribution in [0, 0.1) is 0 Å². The molecule has 1 aliphatic carbocycles. The first kappa shape index (κ1) is 24.0. The van der Waals surface area contributed by atoms with Gasteiger partial charge in [-0.15, -0.1) is 0 Å². The van der Waals surface area contributed by atoms with Gasteiger partial charge in [0.2, 0.25) is 5.36 Å². The van der Waals surface area contributed by atoms with E-state index in [2.05, 4.69) is 73.8 Å².